The third-order valence-electron chi connectivity index (χ3n) is 3.78. The van der Waals surface area contributed by atoms with Gasteiger partial charge in [0.15, 0.2) is 0 Å². The van der Waals surface area contributed by atoms with E-state index in [0.29, 0.717) is 6.04 Å². The minimum atomic E-state index is 0.658. The highest BCUT2D eigenvalue weighted by molar-refractivity contribution is 9.10. The lowest BCUT2D eigenvalue weighted by atomic mass is 10.1. The molecule has 1 aromatic carbocycles. The Kier molecular flexibility index (Phi) is 5.25. The maximum atomic E-state index is 5.30. The molecule has 1 heterocycles. The first-order chi connectivity index (χ1) is 9.10. The van der Waals surface area contributed by atoms with Crippen LogP contribution in [0.4, 0.5) is 0 Å². The van der Waals surface area contributed by atoms with Gasteiger partial charge in [-0.05, 0) is 37.6 Å². The molecule has 0 radical (unpaired) electrons. The summed E-state index contributed by atoms with van der Waals surface area (Å²) in [5, 5.41) is 0. The van der Waals surface area contributed by atoms with Crippen LogP contribution in [-0.2, 0) is 6.54 Å². The maximum Gasteiger partial charge on any atom is 0.119 e. The molecular weight excluding hydrogens is 304 g/mol. The van der Waals surface area contributed by atoms with Gasteiger partial charge in [-0.1, -0.05) is 15.9 Å². The summed E-state index contributed by atoms with van der Waals surface area (Å²) in [5.41, 5.74) is 1.30. The third kappa shape index (κ3) is 3.94. The molecule has 0 amide bonds. The van der Waals surface area contributed by atoms with Gasteiger partial charge in [-0.2, -0.15) is 0 Å². The highest BCUT2D eigenvalue weighted by Gasteiger charge is 2.19. The smallest absolute Gasteiger partial charge is 0.119 e. The summed E-state index contributed by atoms with van der Waals surface area (Å²) in [7, 11) is 1.72. The van der Waals surface area contributed by atoms with Crippen molar-refractivity contribution in [2.75, 3.05) is 33.3 Å². The van der Waals surface area contributed by atoms with Crippen molar-refractivity contribution in [2.45, 2.75) is 26.4 Å². The summed E-state index contributed by atoms with van der Waals surface area (Å²) in [4.78, 5) is 5.05. The van der Waals surface area contributed by atoms with Crippen molar-refractivity contribution in [3.05, 3.63) is 28.2 Å². The first-order valence-corrected chi connectivity index (χ1v) is 7.68. The Morgan fingerprint density at radius 1 is 1.21 bits per heavy atom. The zero-order chi connectivity index (χ0) is 13.8. The molecule has 1 aliphatic rings. The number of piperazine rings is 1. The van der Waals surface area contributed by atoms with Crippen molar-refractivity contribution in [3.8, 4) is 5.75 Å². The second kappa shape index (κ2) is 6.73. The van der Waals surface area contributed by atoms with E-state index in [1.165, 1.54) is 23.1 Å². The number of nitrogens with zero attached hydrogens (tertiary/aromatic N) is 2. The third-order valence-corrected chi connectivity index (χ3v) is 4.56. The molecule has 0 aliphatic carbocycles. The van der Waals surface area contributed by atoms with Crippen molar-refractivity contribution < 1.29 is 4.74 Å². The summed E-state index contributed by atoms with van der Waals surface area (Å²) >= 11 is 3.63. The average Bonchev–Trinajstić information content (AvgIpc) is 2.42. The van der Waals surface area contributed by atoms with E-state index in [1.807, 2.05) is 6.07 Å². The van der Waals surface area contributed by atoms with Crippen LogP contribution in [0.1, 0.15) is 19.4 Å². The second-order valence-corrected chi connectivity index (χ2v) is 6.22. The fraction of sp³-hybridized carbons (Fsp3) is 0.600. The topological polar surface area (TPSA) is 15.7 Å². The molecule has 106 valence electrons. The van der Waals surface area contributed by atoms with Gasteiger partial charge in [0, 0.05) is 43.2 Å². The molecule has 0 atom stereocenters. The molecule has 0 aromatic heterocycles. The molecule has 3 nitrogen and oxygen atoms in total. The van der Waals surface area contributed by atoms with Crippen LogP contribution in [0.3, 0.4) is 0 Å². The first kappa shape index (κ1) is 14.8. The normalized spacial score (nSPS) is 17.9. The Morgan fingerprint density at radius 2 is 1.89 bits per heavy atom. The fourth-order valence-electron chi connectivity index (χ4n) is 2.48. The van der Waals surface area contributed by atoms with Crippen molar-refractivity contribution in [2.24, 2.45) is 0 Å². The van der Waals surface area contributed by atoms with E-state index < -0.39 is 0 Å². The summed E-state index contributed by atoms with van der Waals surface area (Å²) in [6.07, 6.45) is 0. The molecule has 0 unspecified atom stereocenters. The van der Waals surface area contributed by atoms with E-state index in [1.54, 1.807) is 7.11 Å². The lowest BCUT2D eigenvalue weighted by Gasteiger charge is -2.37. The Morgan fingerprint density at radius 3 is 2.47 bits per heavy atom. The standard InChI is InChI=1S/C15H23BrN2O/c1-12(2)18-8-6-17(7-9-18)11-13-10-14(19-3)4-5-15(13)16/h4-5,10,12H,6-9,11H2,1-3H3. The minimum Gasteiger partial charge on any atom is -0.497 e. The van der Waals surface area contributed by atoms with Gasteiger partial charge in [-0.3, -0.25) is 9.80 Å². The number of halogens is 1. The van der Waals surface area contributed by atoms with Gasteiger partial charge in [0.25, 0.3) is 0 Å². The van der Waals surface area contributed by atoms with Crippen LogP contribution in [0.5, 0.6) is 5.75 Å². The Labute approximate surface area is 124 Å². The van der Waals surface area contributed by atoms with Crippen molar-refractivity contribution in [3.63, 3.8) is 0 Å². The highest BCUT2D eigenvalue weighted by atomic mass is 79.9. The molecule has 1 saturated heterocycles. The molecule has 1 fully saturated rings. The number of methoxy groups -OCH3 is 1. The van der Waals surface area contributed by atoms with E-state index in [2.05, 4.69) is 51.7 Å². The number of benzene rings is 1. The van der Waals surface area contributed by atoms with Gasteiger partial charge in [0.2, 0.25) is 0 Å². The van der Waals surface area contributed by atoms with E-state index in [4.69, 9.17) is 4.74 Å². The number of hydrogen-bond acceptors (Lipinski definition) is 3. The molecule has 1 aromatic rings. The van der Waals surface area contributed by atoms with Crippen molar-refractivity contribution >= 4 is 15.9 Å². The number of hydrogen-bond donors (Lipinski definition) is 0. The molecule has 0 spiro atoms. The average molecular weight is 327 g/mol. The summed E-state index contributed by atoms with van der Waals surface area (Å²) in [6.45, 7) is 10.1. The van der Waals surface area contributed by atoms with E-state index in [-0.39, 0.29) is 0 Å². The van der Waals surface area contributed by atoms with Crippen molar-refractivity contribution in [1.29, 1.82) is 0 Å². The van der Waals surface area contributed by atoms with Gasteiger partial charge in [0.05, 0.1) is 7.11 Å². The summed E-state index contributed by atoms with van der Waals surface area (Å²) in [5.74, 6) is 0.930. The molecule has 0 bridgehead atoms. The van der Waals surface area contributed by atoms with Gasteiger partial charge in [0.1, 0.15) is 5.75 Å². The van der Waals surface area contributed by atoms with Gasteiger partial charge in [-0.15, -0.1) is 0 Å². The van der Waals surface area contributed by atoms with Gasteiger partial charge >= 0.3 is 0 Å². The predicted molar refractivity (Wildman–Crippen MR) is 82.7 cm³/mol. The quantitative estimate of drug-likeness (QED) is 0.846. The van der Waals surface area contributed by atoms with Crippen LogP contribution in [0, 0.1) is 0 Å². The summed E-state index contributed by atoms with van der Waals surface area (Å²) in [6, 6.07) is 6.84. The zero-order valence-corrected chi connectivity index (χ0v) is 13.6. The van der Waals surface area contributed by atoms with Crippen LogP contribution < -0.4 is 4.74 Å². The molecule has 1 aliphatic heterocycles. The number of ether oxygens (including phenoxy) is 1. The minimum absolute atomic E-state index is 0.658. The predicted octanol–water partition coefficient (Wildman–Crippen LogP) is 2.98. The van der Waals surface area contributed by atoms with Crippen molar-refractivity contribution in [1.82, 2.24) is 9.80 Å². The molecular formula is C15H23BrN2O. The zero-order valence-electron chi connectivity index (χ0n) is 12.0. The fourth-order valence-corrected chi connectivity index (χ4v) is 2.85. The molecule has 19 heavy (non-hydrogen) atoms. The first-order valence-electron chi connectivity index (χ1n) is 6.89. The highest BCUT2D eigenvalue weighted by Crippen LogP contribution is 2.24. The summed E-state index contributed by atoms with van der Waals surface area (Å²) < 4.78 is 6.47. The second-order valence-electron chi connectivity index (χ2n) is 5.36. The van der Waals surface area contributed by atoms with Crippen LogP contribution in [0.2, 0.25) is 0 Å². The Hall–Kier alpha value is -0.580. The van der Waals surface area contributed by atoms with E-state index in [0.717, 1.165) is 25.4 Å². The molecule has 2 rings (SSSR count). The van der Waals surface area contributed by atoms with Gasteiger partial charge < -0.3 is 4.74 Å². The van der Waals surface area contributed by atoms with Crippen LogP contribution in [-0.4, -0.2) is 49.1 Å². The molecule has 0 saturated carbocycles. The lowest BCUT2D eigenvalue weighted by molar-refractivity contribution is 0.104. The molecule has 0 N–H and O–H groups in total. The van der Waals surface area contributed by atoms with Gasteiger partial charge in [-0.25, -0.2) is 0 Å². The van der Waals surface area contributed by atoms with Crippen LogP contribution in [0.25, 0.3) is 0 Å². The molecule has 4 heteroatoms. The number of rotatable bonds is 4. The largest absolute Gasteiger partial charge is 0.497 e. The van der Waals surface area contributed by atoms with Crippen LogP contribution in [0.15, 0.2) is 22.7 Å². The SMILES string of the molecule is COc1ccc(Br)c(CN2CCN(C(C)C)CC2)c1. The lowest BCUT2D eigenvalue weighted by Crippen LogP contribution is -2.48. The van der Waals surface area contributed by atoms with Crippen LogP contribution >= 0.6 is 15.9 Å². The van der Waals surface area contributed by atoms with E-state index >= 15 is 0 Å². The maximum absolute atomic E-state index is 5.30. The Bertz CT molecular complexity index is 415. The monoisotopic (exact) mass is 326 g/mol. The van der Waals surface area contributed by atoms with E-state index in [9.17, 15) is 0 Å². The Balaban J connectivity index is 1.95.